The zero-order chi connectivity index (χ0) is 23.1. The van der Waals surface area contributed by atoms with Crippen molar-refractivity contribution in [3.05, 3.63) is 54.0 Å². The summed E-state index contributed by atoms with van der Waals surface area (Å²) in [6.45, 7) is 6.45. The number of nitrogens with zero attached hydrogens (tertiary/aromatic N) is 5. The Morgan fingerprint density at radius 2 is 2.00 bits per heavy atom. The topological polar surface area (TPSA) is 119 Å². The summed E-state index contributed by atoms with van der Waals surface area (Å²) in [4.78, 5) is 28.4. The lowest BCUT2D eigenvalue weighted by molar-refractivity contribution is 0.0695. The predicted molar refractivity (Wildman–Crippen MR) is 129 cm³/mol. The maximum Gasteiger partial charge on any atom is 0.274 e. The molecule has 3 aromatic rings. The first-order valence-corrected chi connectivity index (χ1v) is 10.4. The zero-order valence-corrected chi connectivity index (χ0v) is 18.7. The summed E-state index contributed by atoms with van der Waals surface area (Å²) >= 11 is 0. The van der Waals surface area contributed by atoms with Crippen molar-refractivity contribution in [2.45, 2.75) is 26.8 Å². The highest BCUT2D eigenvalue weighted by Gasteiger charge is 2.27. The van der Waals surface area contributed by atoms with Crippen LogP contribution in [0.3, 0.4) is 0 Å². The maximum atomic E-state index is 13.4. The first-order valence-electron chi connectivity index (χ1n) is 10.4. The second kappa shape index (κ2) is 10.4. The average molecular weight is 433 g/mol. The molecule has 9 nitrogen and oxygen atoms in total. The average Bonchev–Trinajstić information content (AvgIpc) is 2.79. The van der Waals surface area contributed by atoms with E-state index in [1.165, 1.54) is 6.21 Å². The molecular formula is C23H28N8O. The number of para-hydroxylation sites is 1. The van der Waals surface area contributed by atoms with Gasteiger partial charge in [-0.2, -0.15) is 5.10 Å². The molecule has 0 aliphatic heterocycles. The Hall–Kier alpha value is -3.88. The summed E-state index contributed by atoms with van der Waals surface area (Å²) in [7, 11) is 1.77. The highest BCUT2D eigenvalue weighted by atomic mass is 16.2. The molecule has 0 bridgehead atoms. The van der Waals surface area contributed by atoms with Crippen LogP contribution < -0.4 is 10.7 Å². The summed E-state index contributed by atoms with van der Waals surface area (Å²) in [5.74, 6) is 0.474. The minimum absolute atomic E-state index is 0.127. The van der Waals surface area contributed by atoms with E-state index in [1.807, 2.05) is 31.2 Å². The molecule has 2 aromatic heterocycles. The van der Waals surface area contributed by atoms with Crippen molar-refractivity contribution in [2.24, 2.45) is 11.0 Å². The highest BCUT2D eigenvalue weighted by molar-refractivity contribution is 6.14. The Kier molecular flexibility index (Phi) is 7.43. The number of fused-ring (bicyclic) bond motifs is 1. The number of rotatable bonds is 9. The van der Waals surface area contributed by atoms with Crippen molar-refractivity contribution >= 4 is 40.9 Å². The number of nitrogens with one attached hydrogen (secondary N) is 3. The van der Waals surface area contributed by atoms with Crippen LogP contribution in [0, 0.1) is 18.3 Å². The molecule has 166 valence electrons. The molecule has 0 saturated heterocycles. The number of likely N-dealkylation sites (N-methyl/N-ethyl adjacent to an activating group) is 1. The van der Waals surface area contributed by atoms with E-state index in [0.717, 1.165) is 22.8 Å². The normalized spacial score (nSPS) is 12.2. The third kappa shape index (κ3) is 5.42. The lowest BCUT2D eigenvalue weighted by Gasteiger charge is -2.31. The van der Waals surface area contributed by atoms with Gasteiger partial charge in [0.25, 0.3) is 5.91 Å². The number of aromatic nitrogens is 3. The van der Waals surface area contributed by atoms with Crippen molar-refractivity contribution < 1.29 is 4.79 Å². The van der Waals surface area contributed by atoms with E-state index in [4.69, 9.17) is 5.41 Å². The number of carbonyl (C=O) groups excluding carboxylic acids is 1. The van der Waals surface area contributed by atoms with E-state index in [2.05, 4.69) is 44.6 Å². The Bertz CT molecular complexity index is 1130. The number of hydrogen-bond donors (Lipinski definition) is 3. The van der Waals surface area contributed by atoms with Crippen LogP contribution in [0.4, 0.5) is 11.6 Å². The van der Waals surface area contributed by atoms with Gasteiger partial charge in [-0.1, -0.05) is 32.0 Å². The number of hydrazone groups is 1. The van der Waals surface area contributed by atoms with Gasteiger partial charge >= 0.3 is 0 Å². The summed E-state index contributed by atoms with van der Waals surface area (Å²) in [5.41, 5.74) is 5.15. The quantitative estimate of drug-likeness (QED) is 0.351. The number of benzene rings is 1. The summed E-state index contributed by atoms with van der Waals surface area (Å²) in [6, 6.07) is 11.2. The number of anilines is 2. The number of amides is 1. The molecule has 0 unspecified atom stereocenters. The molecule has 32 heavy (non-hydrogen) atoms. The van der Waals surface area contributed by atoms with Crippen LogP contribution in [0.25, 0.3) is 10.9 Å². The van der Waals surface area contributed by atoms with E-state index in [1.54, 1.807) is 30.3 Å². The van der Waals surface area contributed by atoms with Crippen LogP contribution in [0.1, 0.15) is 30.0 Å². The SMILES string of the molecule is Cc1ccc(N/N=C\C=N)c(C(=O)N(C)[C@H](CNc2ncc3ccccc3n2)C(C)C)n1. The Balaban J connectivity index is 1.78. The molecule has 1 amide bonds. The Labute approximate surface area is 187 Å². The second-order valence-electron chi connectivity index (χ2n) is 7.77. The molecule has 9 heteroatoms. The molecule has 1 aromatic carbocycles. The molecule has 3 N–H and O–H groups in total. The zero-order valence-electron chi connectivity index (χ0n) is 18.7. The lowest BCUT2D eigenvalue weighted by atomic mass is 10.0. The van der Waals surface area contributed by atoms with Crippen molar-refractivity contribution in [3.63, 3.8) is 0 Å². The highest BCUT2D eigenvalue weighted by Crippen LogP contribution is 2.20. The standard InChI is InChI=1S/C23H28N8O/c1-15(2)20(14-26-23-25-13-17-7-5-6-8-18(17)29-23)31(4)22(32)21-19(30-27-12-11-24)10-9-16(3)28-21/h5-13,15,20,24,30H,14H2,1-4H3,(H,25,26,29)/b24-11?,27-12-/t20-/m1/s1. The van der Waals surface area contributed by atoms with Gasteiger partial charge in [0.2, 0.25) is 5.95 Å². The van der Waals surface area contributed by atoms with Gasteiger partial charge in [-0.25, -0.2) is 15.0 Å². The maximum absolute atomic E-state index is 13.4. The van der Waals surface area contributed by atoms with Crippen LogP contribution in [0.15, 0.2) is 47.7 Å². The van der Waals surface area contributed by atoms with Crippen molar-refractivity contribution in [1.29, 1.82) is 5.41 Å². The minimum Gasteiger partial charge on any atom is -0.352 e. The van der Waals surface area contributed by atoms with E-state index in [0.29, 0.717) is 18.2 Å². The van der Waals surface area contributed by atoms with Crippen LogP contribution in [-0.2, 0) is 0 Å². The van der Waals surface area contributed by atoms with Gasteiger partial charge < -0.3 is 15.6 Å². The lowest BCUT2D eigenvalue weighted by Crippen LogP contribution is -2.45. The molecule has 0 spiro atoms. The van der Waals surface area contributed by atoms with Crippen molar-refractivity contribution in [1.82, 2.24) is 19.9 Å². The van der Waals surface area contributed by atoms with Gasteiger partial charge in [-0.3, -0.25) is 10.2 Å². The fourth-order valence-corrected chi connectivity index (χ4v) is 3.34. The number of carbonyl (C=O) groups is 1. The molecular weight excluding hydrogens is 404 g/mol. The number of aryl methyl sites for hydroxylation is 1. The predicted octanol–water partition coefficient (Wildman–Crippen LogP) is 3.59. The molecule has 3 rings (SSSR count). The molecule has 0 aliphatic rings. The Morgan fingerprint density at radius 1 is 1.22 bits per heavy atom. The fraction of sp³-hybridized carbons (Fsp3) is 0.304. The molecule has 0 saturated carbocycles. The molecule has 0 aliphatic carbocycles. The molecule has 0 fully saturated rings. The first kappa shape index (κ1) is 22.8. The van der Waals surface area contributed by atoms with Crippen molar-refractivity contribution in [2.75, 3.05) is 24.3 Å². The number of hydrogen-bond acceptors (Lipinski definition) is 8. The van der Waals surface area contributed by atoms with Crippen LogP contribution in [0.5, 0.6) is 0 Å². The number of pyridine rings is 1. The third-order valence-electron chi connectivity index (χ3n) is 5.12. The third-order valence-corrected chi connectivity index (χ3v) is 5.12. The fourth-order valence-electron chi connectivity index (χ4n) is 3.34. The second-order valence-corrected chi connectivity index (χ2v) is 7.77. The van der Waals surface area contributed by atoms with Crippen LogP contribution in [-0.4, -0.2) is 57.8 Å². The molecule has 2 heterocycles. The van der Waals surface area contributed by atoms with Crippen LogP contribution >= 0.6 is 0 Å². The largest absolute Gasteiger partial charge is 0.352 e. The van der Waals surface area contributed by atoms with E-state index >= 15 is 0 Å². The van der Waals surface area contributed by atoms with Gasteiger partial charge in [0, 0.05) is 37.1 Å². The first-order chi connectivity index (χ1) is 15.4. The van der Waals surface area contributed by atoms with E-state index < -0.39 is 0 Å². The minimum atomic E-state index is -0.221. The van der Waals surface area contributed by atoms with E-state index in [-0.39, 0.29) is 23.6 Å². The molecule has 1 atom stereocenters. The van der Waals surface area contributed by atoms with Gasteiger partial charge in [-0.15, -0.1) is 0 Å². The van der Waals surface area contributed by atoms with E-state index in [9.17, 15) is 4.79 Å². The van der Waals surface area contributed by atoms with Gasteiger partial charge in [0.05, 0.1) is 23.5 Å². The van der Waals surface area contributed by atoms with Gasteiger partial charge in [0.1, 0.15) is 0 Å². The summed E-state index contributed by atoms with van der Waals surface area (Å²) < 4.78 is 0. The van der Waals surface area contributed by atoms with Crippen LogP contribution in [0.2, 0.25) is 0 Å². The summed E-state index contributed by atoms with van der Waals surface area (Å²) in [5, 5.41) is 15.2. The smallest absolute Gasteiger partial charge is 0.274 e. The van der Waals surface area contributed by atoms with Crippen molar-refractivity contribution in [3.8, 4) is 0 Å². The van der Waals surface area contributed by atoms with Gasteiger partial charge in [0.15, 0.2) is 5.69 Å². The Morgan fingerprint density at radius 3 is 2.75 bits per heavy atom. The monoisotopic (exact) mass is 432 g/mol. The van der Waals surface area contributed by atoms with Gasteiger partial charge in [-0.05, 0) is 31.0 Å². The molecule has 0 radical (unpaired) electrons. The summed E-state index contributed by atoms with van der Waals surface area (Å²) in [6.07, 6.45) is 4.13.